The summed E-state index contributed by atoms with van der Waals surface area (Å²) < 4.78 is 5.02. The maximum absolute atomic E-state index is 5.02. The summed E-state index contributed by atoms with van der Waals surface area (Å²) in [5.74, 6) is 0.734. The van der Waals surface area contributed by atoms with Crippen LogP contribution < -0.4 is 5.32 Å². The van der Waals surface area contributed by atoms with Crippen molar-refractivity contribution in [1.82, 2.24) is 10.5 Å². The van der Waals surface area contributed by atoms with E-state index in [1.54, 1.807) is 0 Å². The van der Waals surface area contributed by atoms with Crippen LogP contribution in [-0.4, -0.2) is 18.7 Å². The summed E-state index contributed by atoms with van der Waals surface area (Å²) in [5, 5.41) is 7.17. The summed E-state index contributed by atoms with van der Waals surface area (Å²) in [4.78, 5) is 0. The highest BCUT2D eigenvalue weighted by Crippen LogP contribution is 2.37. The van der Waals surface area contributed by atoms with Crippen molar-refractivity contribution in [1.29, 1.82) is 0 Å². The standard InChI is InChI=1S/C10H16N2O/c1-11-6-5-10-9(7-13-12-10)8-3-2-4-8/h7-8,11H,2-6H2,1H3. The third kappa shape index (κ3) is 1.75. The number of hydrogen-bond acceptors (Lipinski definition) is 3. The minimum atomic E-state index is 0.734. The smallest absolute Gasteiger partial charge is 0.127 e. The Bertz CT molecular complexity index is 266. The van der Waals surface area contributed by atoms with Gasteiger partial charge in [-0.05, 0) is 25.8 Å². The molecule has 0 saturated heterocycles. The molecule has 1 saturated carbocycles. The number of likely N-dealkylation sites (N-methyl/N-ethyl adjacent to an activating group) is 1. The minimum Gasteiger partial charge on any atom is -0.364 e. The van der Waals surface area contributed by atoms with Gasteiger partial charge in [-0.3, -0.25) is 0 Å². The zero-order valence-corrected chi connectivity index (χ0v) is 8.05. The van der Waals surface area contributed by atoms with Crippen molar-refractivity contribution >= 4 is 0 Å². The third-order valence-electron chi connectivity index (χ3n) is 2.83. The molecule has 1 N–H and O–H groups in total. The summed E-state index contributed by atoms with van der Waals surface area (Å²) in [6.07, 6.45) is 6.80. The Morgan fingerprint density at radius 1 is 1.62 bits per heavy atom. The lowest BCUT2D eigenvalue weighted by Crippen LogP contribution is -2.14. The number of aromatic nitrogens is 1. The van der Waals surface area contributed by atoms with Gasteiger partial charge in [-0.2, -0.15) is 0 Å². The van der Waals surface area contributed by atoms with Crippen LogP contribution >= 0.6 is 0 Å². The van der Waals surface area contributed by atoms with E-state index in [0.29, 0.717) is 0 Å². The van der Waals surface area contributed by atoms with Crippen LogP contribution in [0.4, 0.5) is 0 Å². The summed E-state index contributed by atoms with van der Waals surface area (Å²) in [5.41, 5.74) is 2.50. The van der Waals surface area contributed by atoms with Gasteiger partial charge in [0.1, 0.15) is 6.26 Å². The summed E-state index contributed by atoms with van der Waals surface area (Å²) in [7, 11) is 1.96. The van der Waals surface area contributed by atoms with E-state index in [2.05, 4.69) is 10.5 Å². The van der Waals surface area contributed by atoms with Crippen molar-refractivity contribution in [3.05, 3.63) is 17.5 Å². The molecule has 0 radical (unpaired) electrons. The van der Waals surface area contributed by atoms with E-state index >= 15 is 0 Å². The lowest BCUT2D eigenvalue weighted by molar-refractivity contribution is 0.400. The predicted octanol–water partition coefficient (Wildman–Crippen LogP) is 1.70. The molecule has 0 amide bonds. The zero-order valence-electron chi connectivity index (χ0n) is 8.05. The lowest BCUT2D eigenvalue weighted by atomic mass is 9.80. The second-order valence-corrected chi connectivity index (χ2v) is 3.70. The normalized spacial score (nSPS) is 17.3. The molecular weight excluding hydrogens is 164 g/mol. The fourth-order valence-electron chi connectivity index (χ4n) is 1.75. The first-order valence-electron chi connectivity index (χ1n) is 4.99. The van der Waals surface area contributed by atoms with Crippen LogP contribution in [0.2, 0.25) is 0 Å². The highest BCUT2D eigenvalue weighted by Gasteiger charge is 2.24. The fraction of sp³-hybridized carbons (Fsp3) is 0.700. The maximum Gasteiger partial charge on any atom is 0.127 e. The number of hydrogen-bond donors (Lipinski definition) is 1. The molecule has 0 aliphatic heterocycles. The monoisotopic (exact) mass is 180 g/mol. The molecule has 13 heavy (non-hydrogen) atoms. The highest BCUT2D eigenvalue weighted by atomic mass is 16.5. The Kier molecular flexibility index (Phi) is 2.64. The SMILES string of the molecule is CNCCc1nocc1C1CCC1. The van der Waals surface area contributed by atoms with Gasteiger partial charge < -0.3 is 9.84 Å². The molecule has 0 spiro atoms. The molecule has 1 fully saturated rings. The molecule has 2 rings (SSSR count). The second-order valence-electron chi connectivity index (χ2n) is 3.70. The van der Waals surface area contributed by atoms with Crippen molar-refractivity contribution in [3.63, 3.8) is 0 Å². The number of nitrogens with zero attached hydrogens (tertiary/aromatic N) is 1. The molecule has 1 heterocycles. The number of rotatable bonds is 4. The molecule has 3 nitrogen and oxygen atoms in total. The van der Waals surface area contributed by atoms with Gasteiger partial charge in [0.05, 0.1) is 5.69 Å². The minimum absolute atomic E-state index is 0.734. The van der Waals surface area contributed by atoms with E-state index < -0.39 is 0 Å². The Labute approximate surface area is 78.5 Å². The quantitative estimate of drug-likeness (QED) is 0.766. The molecule has 0 bridgehead atoms. The molecule has 1 aromatic heterocycles. The number of nitrogens with one attached hydrogen (secondary N) is 1. The van der Waals surface area contributed by atoms with E-state index in [-0.39, 0.29) is 0 Å². The Morgan fingerprint density at radius 3 is 3.08 bits per heavy atom. The first-order valence-corrected chi connectivity index (χ1v) is 4.99. The van der Waals surface area contributed by atoms with Crippen LogP contribution in [-0.2, 0) is 6.42 Å². The largest absolute Gasteiger partial charge is 0.364 e. The third-order valence-corrected chi connectivity index (χ3v) is 2.83. The molecule has 1 aliphatic rings. The van der Waals surface area contributed by atoms with Crippen LogP contribution in [0, 0.1) is 0 Å². The van der Waals surface area contributed by atoms with Gasteiger partial charge in [0, 0.05) is 18.5 Å². The van der Waals surface area contributed by atoms with E-state index in [4.69, 9.17) is 4.52 Å². The molecule has 3 heteroatoms. The molecule has 0 atom stereocenters. The van der Waals surface area contributed by atoms with E-state index in [1.165, 1.54) is 24.8 Å². The molecule has 0 unspecified atom stereocenters. The molecule has 1 aromatic rings. The fourth-order valence-corrected chi connectivity index (χ4v) is 1.75. The van der Waals surface area contributed by atoms with Gasteiger partial charge in [0.2, 0.25) is 0 Å². The Hall–Kier alpha value is -0.830. The van der Waals surface area contributed by atoms with E-state index in [1.807, 2.05) is 13.3 Å². The van der Waals surface area contributed by atoms with Gasteiger partial charge in [-0.1, -0.05) is 11.6 Å². The van der Waals surface area contributed by atoms with Gasteiger partial charge in [-0.15, -0.1) is 0 Å². The average Bonchev–Trinajstić information content (AvgIpc) is 2.46. The first kappa shape index (κ1) is 8.75. The average molecular weight is 180 g/mol. The molecule has 0 aromatic carbocycles. The van der Waals surface area contributed by atoms with Crippen molar-refractivity contribution in [2.45, 2.75) is 31.6 Å². The lowest BCUT2D eigenvalue weighted by Gasteiger charge is -2.24. The van der Waals surface area contributed by atoms with Gasteiger partial charge in [-0.25, -0.2) is 0 Å². The van der Waals surface area contributed by atoms with Crippen molar-refractivity contribution < 1.29 is 4.52 Å². The van der Waals surface area contributed by atoms with Crippen molar-refractivity contribution in [2.24, 2.45) is 0 Å². The second kappa shape index (κ2) is 3.92. The Morgan fingerprint density at radius 2 is 2.46 bits per heavy atom. The highest BCUT2D eigenvalue weighted by molar-refractivity contribution is 5.22. The maximum atomic E-state index is 5.02. The van der Waals surface area contributed by atoms with E-state index in [0.717, 1.165) is 24.6 Å². The van der Waals surface area contributed by atoms with Crippen LogP contribution in [0.1, 0.15) is 36.4 Å². The first-order chi connectivity index (χ1) is 6.42. The summed E-state index contributed by atoms with van der Waals surface area (Å²) >= 11 is 0. The van der Waals surface area contributed by atoms with Crippen molar-refractivity contribution in [3.8, 4) is 0 Å². The van der Waals surface area contributed by atoms with Crippen LogP contribution in [0.15, 0.2) is 10.8 Å². The summed E-state index contributed by atoms with van der Waals surface area (Å²) in [6.45, 7) is 0.978. The van der Waals surface area contributed by atoms with Crippen LogP contribution in [0.3, 0.4) is 0 Å². The zero-order chi connectivity index (χ0) is 9.10. The van der Waals surface area contributed by atoms with E-state index in [9.17, 15) is 0 Å². The summed E-state index contributed by atoms with van der Waals surface area (Å²) in [6, 6.07) is 0. The molecule has 1 aliphatic carbocycles. The molecular formula is C10H16N2O. The van der Waals surface area contributed by atoms with Gasteiger partial charge in [0.15, 0.2) is 0 Å². The van der Waals surface area contributed by atoms with Crippen LogP contribution in [0.25, 0.3) is 0 Å². The van der Waals surface area contributed by atoms with Gasteiger partial charge >= 0.3 is 0 Å². The molecule has 72 valence electrons. The van der Waals surface area contributed by atoms with Gasteiger partial charge in [0.25, 0.3) is 0 Å². The van der Waals surface area contributed by atoms with Crippen molar-refractivity contribution in [2.75, 3.05) is 13.6 Å². The topological polar surface area (TPSA) is 38.1 Å². The predicted molar refractivity (Wildman–Crippen MR) is 50.7 cm³/mol. The van der Waals surface area contributed by atoms with Crippen LogP contribution in [0.5, 0.6) is 0 Å². The Balaban J connectivity index is 2.02.